The molecular weight excluding hydrogens is 254 g/mol. The molecule has 0 aromatic carbocycles. The molecule has 1 heteroatoms. The van der Waals surface area contributed by atoms with E-state index in [9.17, 15) is 0 Å². The Morgan fingerprint density at radius 3 is 2.67 bits per heavy atom. The summed E-state index contributed by atoms with van der Waals surface area (Å²) >= 11 is 0. The molecular formula is C20H33N. The van der Waals surface area contributed by atoms with Crippen LogP contribution >= 0.6 is 0 Å². The van der Waals surface area contributed by atoms with Crippen molar-refractivity contribution in [3.8, 4) is 0 Å². The maximum absolute atomic E-state index is 2.68. The van der Waals surface area contributed by atoms with E-state index in [-0.39, 0.29) is 0 Å². The minimum Gasteiger partial charge on any atom is -0.378 e. The fraction of sp³-hybridized carbons (Fsp3) is 0.900. The first-order valence-corrected chi connectivity index (χ1v) is 9.39. The van der Waals surface area contributed by atoms with Crippen molar-refractivity contribution in [3.05, 3.63) is 11.8 Å². The van der Waals surface area contributed by atoms with Crippen LogP contribution in [-0.2, 0) is 0 Å². The lowest BCUT2D eigenvalue weighted by molar-refractivity contribution is -0.0570. The molecule has 4 rings (SSSR count). The molecule has 3 aliphatic carbocycles. The zero-order chi connectivity index (χ0) is 14.8. The van der Waals surface area contributed by atoms with Crippen molar-refractivity contribution in [2.45, 2.75) is 65.7 Å². The molecule has 0 unspecified atom stereocenters. The zero-order valence-corrected chi connectivity index (χ0v) is 14.5. The fourth-order valence-corrected chi connectivity index (χ4v) is 7.08. The third-order valence-corrected chi connectivity index (χ3v) is 8.15. The highest BCUT2D eigenvalue weighted by Crippen LogP contribution is 2.65. The van der Waals surface area contributed by atoms with Crippen LogP contribution in [0.5, 0.6) is 0 Å². The van der Waals surface area contributed by atoms with Crippen molar-refractivity contribution in [1.82, 2.24) is 4.90 Å². The highest BCUT2D eigenvalue weighted by molar-refractivity contribution is 5.24. The van der Waals surface area contributed by atoms with Crippen molar-refractivity contribution >= 4 is 0 Å². The van der Waals surface area contributed by atoms with Gasteiger partial charge in [0, 0.05) is 24.7 Å². The van der Waals surface area contributed by atoms with E-state index in [0.29, 0.717) is 10.8 Å². The maximum Gasteiger partial charge on any atom is 0.0172 e. The second-order valence-corrected chi connectivity index (χ2v) is 9.23. The molecule has 0 radical (unpaired) electrons. The van der Waals surface area contributed by atoms with Crippen LogP contribution in [0.2, 0.25) is 0 Å². The van der Waals surface area contributed by atoms with Crippen LogP contribution in [0.15, 0.2) is 11.8 Å². The average Bonchev–Trinajstić information content (AvgIpc) is 2.82. The molecule has 21 heavy (non-hydrogen) atoms. The lowest BCUT2D eigenvalue weighted by Gasteiger charge is -2.60. The van der Waals surface area contributed by atoms with Gasteiger partial charge in [0.2, 0.25) is 0 Å². The van der Waals surface area contributed by atoms with E-state index in [4.69, 9.17) is 0 Å². The molecule has 0 amide bonds. The predicted octanol–water partition coefficient (Wildman–Crippen LogP) is 5.08. The normalized spacial score (nSPS) is 52.8. The Bertz CT molecular complexity index is 466. The second-order valence-electron chi connectivity index (χ2n) is 9.23. The largest absolute Gasteiger partial charge is 0.378 e. The van der Waals surface area contributed by atoms with Crippen LogP contribution in [0.4, 0.5) is 0 Å². The number of hydrogen-bond acceptors (Lipinski definition) is 1. The Balaban J connectivity index is 1.76. The van der Waals surface area contributed by atoms with Gasteiger partial charge in [-0.05, 0) is 67.6 Å². The molecule has 0 N–H and O–H groups in total. The first kappa shape index (κ1) is 14.2. The standard InChI is InChI=1S/C20H33N/c1-14-13-17-20(3,10-6-12-21(17)4)16-8-11-19(2)9-5-7-15(19)18(14)16/h13-16,18H,5-12H2,1-4H3/t14-,15-,16-,18-,19-,20+/m0/s1. The number of piperidine rings is 1. The van der Waals surface area contributed by atoms with Gasteiger partial charge >= 0.3 is 0 Å². The Morgan fingerprint density at radius 1 is 1.05 bits per heavy atom. The van der Waals surface area contributed by atoms with E-state index in [2.05, 4.69) is 38.8 Å². The molecule has 1 heterocycles. The van der Waals surface area contributed by atoms with Crippen molar-refractivity contribution in [2.24, 2.45) is 34.5 Å². The van der Waals surface area contributed by atoms with Crippen LogP contribution < -0.4 is 0 Å². The van der Waals surface area contributed by atoms with E-state index < -0.39 is 0 Å². The Labute approximate surface area is 131 Å². The van der Waals surface area contributed by atoms with Crippen LogP contribution in [0, 0.1) is 34.5 Å². The molecule has 0 aromatic rings. The lowest BCUT2D eigenvalue weighted by atomic mass is 9.48. The monoisotopic (exact) mass is 287 g/mol. The van der Waals surface area contributed by atoms with E-state index in [1.54, 1.807) is 5.70 Å². The highest BCUT2D eigenvalue weighted by atomic mass is 15.1. The number of nitrogens with zero attached hydrogens (tertiary/aromatic N) is 1. The van der Waals surface area contributed by atoms with Gasteiger partial charge in [-0.2, -0.15) is 0 Å². The third kappa shape index (κ3) is 1.82. The second kappa shape index (κ2) is 4.52. The first-order valence-electron chi connectivity index (χ1n) is 9.39. The van der Waals surface area contributed by atoms with Gasteiger partial charge in [-0.3, -0.25) is 0 Å². The lowest BCUT2D eigenvalue weighted by Crippen LogP contribution is -2.53. The van der Waals surface area contributed by atoms with Gasteiger partial charge in [0.25, 0.3) is 0 Å². The summed E-state index contributed by atoms with van der Waals surface area (Å²) in [5, 5.41) is 0. The fourth-order valence-electron chi connectivity index (χ4n) is 7.08. The predicted molar refractivity (Wildman–Crippen MR) is 88.9 cm³/mol. The van der Waals surface area contributed by atoms with Gasteiger partial charge in [0.1, 0.15) is 0 Å². The van der Waals surface area contributed by atoms with Crippen LogP contribution in [0.1, 0.15) is 65.7 Å². The van der Waals surface area contributed by atoms with Crippen LogP contribution in [0.25, 0.3) is 0 Å². The minimum atomic E-state index is 0.480. The van der Waals surface area contributed by atoms with Crippen molar-refractivity contribution in [2.75, 3.05) is 13.6 Å². The Kier molecular flexibility index (Phi) is 3.05. The third-order valence-electron chi connectivity index (χ3n) is 8.15. The molecule has 4 aliphatic rings. The summed E-state index contributed by atoms with van der Waals surface area (Å²) in [6.07, 6.45) is 13.0. The van der Waals surface area contributed by atoms with Gasteiger partial charge in [0.15, 0.2) is 0 Å². The average molecular weight is 287 g/mol. The number of allylic oxidation sites excluding steroid dienone is 2. The Hall–Kier alpha value is -0.460. The summed E-state index contributed by atoms with van der Waals surface area (Å²) in [5.41, 5.74) is 2.86. The van der Waals surface area contributed by atoms with Gasteiger partial charge in [-0.25, -0.2) is 0 Å². The van der Waals surface area contributed by atoms with E-state index in [1.807, 2.05) is 0 Å². The summed E-state index contributed by atoms with van der Waals surface area (Å²) in [6, 6.07) is 0. The van der Waals surface area contributed by atoms with Crippen LogP contribution in [0.3, 0.4) is 0 Å². The number of rotatable bonds is 0. The first-order chi connectivity index (χ1) is 9.96. The van der Waals surface area contributed by atoms with E-state index in [0.717, 1.165) is 23.7 Å². The number of hydrogen-bond donors (Lipinski definition) is 0. The summed E-state index contributed by atoms with van der Waals surface area (Å²) < 4.78 is 0. The van der Waals surface area contributed by atoms with Crippen molar-refractivity contribution in [1.29, 1.82) is 0 Å². The number of likely N-dealkylation sites (tertiary alicyclic amines) is 1. The van der Waals surface area contributed by atoms with E-state index >= 15 is 0 Å². The van der Waals surface area contributed by atoms with Crippen molar-refractivity contribution < 1.29 is 0 Å². The summed E-state index contributed by atoms with van der Waals surface area (Å²) in [4.78, 5) is 2.58. The number of fused-ring (bicyclic) bond motifs is 5. The molecule has 2 saturated carbocycles. The topological polar surface area (TPSA) is 3.24 Å². The molecule has 1 saturated heterocycles. The molecule has 6 atom stereocenters. The maximum atomic E-state index is 2.68. The van der Waals surface area contributed by atoms with Crippen molar-refractivity contribution in [3.63, 3.8) is 0 Å². The quantitative estimate of drug-likeness (QED) is 0.600. The minimum absolute atomic E-state index is 0.480. The Morgan fingerprint density at radius 2 is 1.86 bits per heavy atom. The summed E-state index contributed by atoms with van der Waals surface area (Å²) in [7, 11) is 2.33. The van der Waals surface area contributed by atoms with Gasteiger partial charge < -0.3 is 4.90 Å². The molecule has 1 nitrogen and oxygen atoms in total. The van der Waals surface area contributed by atoms with Gasteiger partial charge in [0.05, 0.1) is 0 Å². The molecule has 1 aliphatic heterocycles. The smallest absolute Gasteiger partial charge is 0.0172 e. The molecule has 3 fully saturated rings. The summed E-state index contributed by atoms with van der Waals surface area (Å²) in [6.45, 7) is 9.02. The van der Waals surface area contributed by atoms with Gasteiger partial charge in [-0.15, -0.1) is 0 Å². The highest BCUT2D eigenvalue weighted by Gasteiger charge is 2.57. The molecule has 0 bridgehead atoms. The zero-order valence-electron chi connectivity index (χ0n) is 14.5. The SMILES string of the molecule is C[C@H]1C=C2N(C)CCC[C@]2(C)[C@H]2CC[C@]3(C)CCC[C@H]3[C@H]12. The summed E-state index contributed by atoms with van der Waals surface area (Å²) in [5.74, 6) is 3.72. The van der Waals surface area contributed by atoms with Gasteiger partial charge in [-0.1, -0.05) is 33.3 Å². The van der Waals surface area contributed by atoms with E-state index in [1.165, 1.54) is 51.5 Å². The molecule has 0 spiro atoms. The van der Waals surface area contributed by atoms with Crippen LogP contribution in [-0.4, -0.2) is 18.5 Å². The molecule has 0 aromatic heterocycles. The molecule has 118 valence electrons.